The number of aryl methyl sites for hydroxylation is 1. The molecule has 1 aromatic heterocycles. The molecular formula is C33H43N5O5. The lowest BCUT2D eigenvalue weighted by Gasteiger charge is -2.34. The first-order valence-corrected chi connectivity index (χ1v) is 15.4. The molecule has 3 N–H and O–H groups in total. The van der Waals surface area contributed by atoms with Gasteiger partial charge in [0, 0.05) is 44.1 Å². The highest BCUT2D eigenvalue weighted by Crippen LogP contribution is 2.39. The second-order valence-corrected chi connectivity index (χ2v) is 11.3. The van der Waals surface area contributed by atoms with Crippen LogP contribution in [0.2, 0.25) is 0 Å². The number of anilines is 1. The monoisotopic (exact) mass is 589 g/mol. The Morgan fingerprint density at radius 3 is 2.84 bits per heavy atom. The van der Waals surface area contributed by atoms with Gasteiger partial charge >= 0.3 is 0 Å². The summed E-state index contributed by atoms with van der Waals surface area (Å²) in [5, 5.41) is 16.2. The number of ether oxygens (including phenoxy) is 2. The van der Waals surface area contributed by atoms with Crippen LogP contribution in [0.5, 0.6) is 11.5 Å². The second-order valence-electron chi connectivity index (χ2n) is 11.3. The van der Waals surface area contributed by atoms with E-state index in [1.807, 2.05) is 29.9 Å². The summed E-state index contributed by atoms with van der Waals surface area (Å²) < 4.78 is 13.5. The standard InChI is InChI=1S/C33H43N5O5/c1-37-18-17-35-33(37)26-7-5-6-24(22-26)13-20-42-21-14-30(41)38(27-8-3-2-4-9-27)19-16-34-15-12-25-10-11-28(39)31-32(25)43-23-29(40)36-31/h5-7,10-11,17-18,22,27,34,39H,2-4,8-9,12-16,19-21,23H2,1H3,(H,36,40). The molecule has 1 aliphatic heterocycles. The molecule has 2 aliphatic rings. The molecule has 1 aliphatic carbocycles. The highest BCUT2D eigenvalue weighted by atomic mass is 16.5. The normalized spacial score (nSPS) is 15.0. The van der Waals surface area contributed by atoms with Gasteiger partial charge in [-0.3, -0.25) is 9.59 Å². The summed E-state index contributed by atoms with van der Waals surface area (Å²) in [6.07, 6.45) is 11.3. The third kappa shape index (κ3) is 8.14. The predicted molar refractivity (Wildman–Crippen MR) is 165 cm³/mol. The molecule has 2 aromatic carbocycles. The van der Waals surface area contributed by atoms with Crippen LogP contribution in [0.15, 0.2) is 48.8 Å². The summed E-state index contributed by atoms with van der Waals surface area (Å²) in [5.41, 5.74) is 3.52. The van der Waals surface area contributed by atoms with Gasteiger partial charge in [-0.25, -0.2) is 4.98 Å². The van der Waals surface area contributed by atoms with E-state index in [-0.39, 0.29) is 30.2 Å². The van der Waals surface area contributed by atoms with Crippen molar-refractivity contribution in [2.45, 2.75) is 57.4 Å². The van der Waals surface area contributed by atoms with Crippen molar-refractivity contribution in [3.05, 3.63) is 59.9 Å². The van der Waals surface area contributed by atoms with Gasteiger partial charge in [-0.15, -0.1) is 0 Å². The Morgan fingerprint density at radius 1 is 1.16 bits per heavy atom. The van der Waals surface area contributed by atoms with E-state index < -0.39 is 0 Å². The number of phenolic OH excluding ortho intramolecular Hbond substituents is 1. The van der Waals surface area contributed by atoms with Gasteiger partial charge in [-0.1, -0.05) is 43.5 Å². The van der Waals surface area contributed by atoms with Crippen LogP contribution in [0.1, 0.15) is 49.7 Å². The average molecular weight is 590 g/mol. The first-order chi connectivity index (χ1) is 21.0. The number of nitrogens with one attached hydrogen (secondary N) is 2. The van der Waals surface area contributed by atoms with Gasteiger partial charge in [0.15, 0.2) is 12.4 Å². The maximum Gasteiger partial charge on any atom is 0.262 e. The quantitative estimate of drug-likeness (QED) is 0.192. The topological polar surface area (TPSA) is 118 Å². The summed E-state index contributed by atoms with van der Waals surface area (Å²) in [5.74, 6) is 1.35. The maximum absolute atomic E-state index is 13.3. The highest BCUT2D eigenvalue weighted by molar-refractivity contribution is 5.97. The van der Waals surface area contributed by atoms with Gasteiger partial charge in [0.25, 0.3) is 5.91 Å². The SMILES string of the molecule is Cn1ccnc1-c1cccc(CCOCCC(=O)N(CCNCCc2ccc(O)c3c2OCC(=O)N3)C2CCCCC2)c1. The van der Waals surface area contributed by atoms with Gasteiger partial charge in [0.1, 0.15) is 17.3 Å². The molecule has 0 atom stereocenters. The summed E-state index contributed by atoms with van der Waals surface area (Å²) in [6.45, 7) is 2.95. The molecule has 230 valence electrons. The van der Waals surface area contributed by atoms with E-state index in [4.69, 9.17) is 9.47 Å². The van der Waals surface area contributed by atoms with E-state index in [0.717, 1.165) is 49.1 Å². The third-order valence-corrected chi connectivity index (χ3v) is 8.27. The van der Waals surface area contributed by atoms with Crippen LogP contribution in [-0.2, 0) is 34.2 Å². The minimum absolute atomic E-state index is 0.000116. The lowest BCUT2D eigenvalue weighted by molar-refractivity contribution is -0.135. The van der Waals surface area contributed by atoms with E-state index in [1.54, 1.807) is 12.3 Å². The van der Waals surface area contributed by atoms with Gasteiger partial charge in [0.05, 0.1) is 19.6 Å². The predicted octanol–water partition coefficient (Wildman–Crippen LogP) is 4.07. The van der Waals surface area contributed by atoms with Crippen LogP contribution in [0.4, 0.5) is 5.69 Å². The van der Waals surface area contributed by atoms with Crippen LogP contribution < -0.4 is 15.4 Å². The largest absolute Gasteiger partial charge is 0.506 e. The van der Waals surface area contributed by atoms with Gasteiger partial charge in [0.2, 0.25) is 5.91 Å². The van der Waals surface area contributed by atoms with Crippen LogP contribution in [-0.4, -0.2) is 76.9 Å². The fraction of sp³-hybridized carbons (Fsp3) is 0.485. The number of fused-ring (bicyclic) bond motifs is 1. The lowest BCUT2D eigenvalue weighted by Crippen LogP contribution is -2.45. The van der Waals surface area contributed by atoms with Crippen molar-refractivity contribution >= 4 is 17.5 Å². The molecule has 3 aromatic rings. The Morgan fingerprint density at radius 2 is 2.02 bits per heavy atom. The number of hydrogen-bond donors (Lipinski definition) is 3. The third-order valence-electron chi connectivity index (χ3n) is 8.27. The van der Waals surface area contributed by atoms with Gasteiger partial charge < -0.3 is 34.7 Å². The Bertz CT molecular complexity index is 1380. The smallest absolute Gasteiger partial charge is 0.262 e. The highest BCUT2D eigenvalue weighted by Gasteiger charge is 2.25. The number of rotatable bonds is 14. The summed E-state index contributed by atoms with van der Waals surface area (Å²) in [6, 6.07) is 12.0. The average Bonchev–Trinajstić information content (AvgIpc) is 3.46. The molecule has 10 heteroatoms. The van der Waals surface area contributed by atoms with E-state index in [1.165, 1.54) is 12.0 Å². The van der Waals surface area contributed by atoms with E-state index in [2.05, 4.69) is 38.7 Å². The molecule has 1 fully saturated rings. The second kappa shape index (κ2) is 15.0. The van der Waals surface area contributed by atoms with Crippen molar-refractivity contribution in [3.8, 4) is 22.9 Å². The number of imidazole rings is 1. The molecule has 0 saturated heterocycles. The van der Waals surface area contributed by atoms with Crippen LogP contribution in [0.25, 0.3) is 11.4 Å². The fourth-order valence-corrected chi connectivity index (χ4v) is 5.97. The molecule has 0 spiro atoms. The van der Waals surface area contributed by atoms with Crippen molar-refractivity contribution in [2.24, 2.45) is 7.05 Å². The van der Waals surface area contributed by atoms with Crippen molar-refractivity contribution < 1.29 is 24.2 Å². The number of phenols is 1. The molecule has 0 bridgehead atoms. The number of aromatic nitrogens is 2. The maximum atomic E-state index is 13.3. The molecule has 5 rings (SSSR count). The van der Waals surface area contributed by atoms with Crippen molar-refractivity contribution in [2.75, 3.05) is 44.8 Å². The summed E-state index contributed by atoms with van der Waals surface area (Å²) in [7, 11) is 1.99. The van der Waals surface area contributed by atoms with E-state index in [0.29, 0.717) is 57.1 Å². The van der Waals surface area contributed by atoms with E-state index in [9.17, 15) is 14.7 Å². The molecule has 0 radical (unpaired) electrons. The lowest BCUT2D eigenvalue weighted by atomic mass is 9.94. The number of nitrogens with zero attached hydrogens (tertiary/aromatic N) is 3. The first-order valence-electron chi connectivity index (χ1n) is 15.4. The Kier molecular flexibility index (Phi) is 10.7. The molecule has 10 nitrogen and oxygen atoms in total. The number of hydrogen-bond acceptors (Lipinski definition) is 7. The van der Waals surface area contributed by atoms with Crippen LogP contribution in [0, 0.1) is 0 Å². The van der Waals surface area contributed by atoms with Gasteiger partial charge in [-0.05, 0) is 55.5 Å². The molecule has 0 unspecified atom stereocenters. The molecule has 43 heavy (non-hydrogen) atoms. The van der Waals surface area contributed by atoms with Crippen molar-refractivity contribution in [1.29, 1.82) is 0 Å². The summed E-state index contributed by atoms with van der Waals surface area (Å²) in [4.78, 5) is 31.5. The fourth-order valence-electron chi connectivity index (χ4n) is 5.97. The van der Waals surface area contributed by atoms with Crippen LogP contribution in [0.3, 0.4) is 0 Å². The Hall–Kier alpha value is -3.89. The zero-order valence-electron chi connectivity index (χ0n) is 25.0. The minimum atomic E-state index is -0.276. The minimum Gasteiger partial charge on any atom is -0.506 e. The number of benzene rings is 2. The summed E-state index contributed by atoms with van der Waals surface area (Å²) >= 11 is 0. The molecule has 2 amide bonds. The van der Waals surface area contributed by atoms with Crippen LogP contribution >= 0.6 is 0 Å². The van der Waals surface area contributed by atoms with Crippen molar-refractivity contribution in [3.63, 3.8) is 0 Å². The zero-order chi connectivity index (χ0) is 30.0. The Labute approximate surface area is 253 Å². The Balaban J connectivity index is 1.06. The number of amides is 2. The number of carbonyl (C=O) groups excluding carboxylic acids is 2. The molecule has 2 heterocycles. The number of carbonyl (C=O) groups is 2. The molecular weight excluding hydrogens is 546 g/mol. The number of aromatic hydroxyl groups is 1. The molecule has 1 saturated carbocycles. The van der Waals surface area contributed by atoms with E-state index >= 15 is 0 Å². The first kappa shape index (κ1) is 30.6. The zero-order valence-corrected chi connectivity index (χ0v) is 25.0. The van der Waals surface area contributed by atoms with Gasteiger partial charge in [-0.2, -0.15) is 0 Å². The van der Waals surface area contributed by atoms with Crippen molar-refractivity contribution in [1.82, 2.24) is 19.8 Å².